The number of ether oxygens (including phenoxy) is 4. The fourth-order valence-electron chi connectivity index (χ4n) is 2.75. The third-order valence-electron chi connectivity index (χ3n) is 3.92. The minimum Gasteiger partial charge on any atom is -0.486 e. The second kappa shape index (κ2) is 5.93. The Morgan fingerprint density at radius 3 is 2.83 bits per heavy atom. The van der Waals surface area contributed by atoms with Crippen molar-refractivity contribution in [3.05, 3.63) is 59.2 Å². The van der Waals surface area contributed by atoms with E-state index in [2.05, 4.69) is 0 Å². The Bertz CT molecular complexity index is 726. The Kier molecular flexibility index (Phi) is 3.63. The van der Waals surface area contributed by atoms with Crippen molar-refractivity contribution in [3.63, 3.8) is 0 Å². The summed E-state index contributed by atoms with van der Waals surface area (Å²) in [6, 6.07) is 13.4. The molecule has 2 aliphatic heterocycles. The van der Waals surface area contributed by atoms with Crippen LogP contribution in [0.3, 0.4) is 0 Å². The van der Waals surface area contributed by atoms with E-state index >= 15 is 0 Å². The van der Waals surface area contributed by atoms with E-state index in [1.54, 1.807) is 12.1 Å². The van der Waals surface area contributed by atoms with Crippen LogP contribution in [0.25, 0.3) is 0 Å². The molecule has 0 radical (unpaired) electrons. The molecule has 0 spiro atoms. The van der Waals surface area contributed by atoms with E-state index in [0.717, 1.165) is 11.1 Å². The predicted octanol–water partition coefficient (Wildman–Crippen LogP) is 2.71. The van der Waals surface area contributed by atoms with Crippen LogP contribution in [0.4, 0.5) is 0 Å². The van der Waals surface area contributed by atoms with Gasteiger partial charge in [-0.3, -0.25) is 0 Å². The lowest BCUT2D eigenvalue weighted by molar-refractivity contribution is 0.00164. The summed E-state index contributed by atoms with van der Waals surface area (Å²) in [5.74, 6) is 0.947. The highest BCUT2D eigenvalue weighted by atomic mass is 16.6. The lowest BCUT2D eigenvalue weighted by Crippen LogP contribution is -2.33. The second-order valence-corrected chi connectivity index (χ2v) is 5.55. The van der Waals surface area contributed by atoms with Crippen molar-refractivity contribution in [2.24, 2.45) is 0 Å². The van der Waals surface area contributed by atoms with E-state index < -0.39 is 0 Å². The summed E-state index contributed by atoms with van der Waals surface area (Å²) in [6.45, 7) is 1.61. The first-order valence-electron chi connectivity index (χ1n) is 7.55. The largest absolute Gasteiger partial charge is 0.486 e. The van der Waals surface area contributed by atoms with Crippen LogP contribution in [0.15, 0.2) is 42.5 Å². The molecule has 0 aliphatic carbocycles. The molecule has 0 fully saturated rings. The van der Waals surface area contributed by atoms with Gasteiger partial charge in [-0.1, -0.05) is 30.3 Å². The third kappa shape index (κ3) is 2.75. The van der Waals surface area contributed by atoms with Crippen LogP contribution in [-0.4, -0.2) is 25.3 Å². The molecule has 118 valence electrons. The number of carbonyl (C=O) groups excluding carboxylic acids is 1. The van der Waals surface area contributed by atoms with E-state index in [-0.39, 0.29) is 18.7 Å². The Balaban J connectivity index is 1.42. The molecule has 2 aromatic carbocycles. The Hall–Kier alpha value is -2.53. The van der Waals surface area contributed by atoms with Crippen LogP contribution in [0.2, 0.25) is 0 Å². The van der Waals surface area contributed by atoms with Gasteiger partial charge in [-0.15, -0.1) is 0 Å². The highest BCUT2D eigenvalue weighted by Crippen LogP contribution is 2.40. The number of benzene rings is 2. The molecule has 2 aromatic rings. The molecule has 0 N–H and O–H groups in total. The van der Waals surface area contributed by atoms with Gasteiger partial charge in [-0.2, -0.15) is 0 Å². The molecule has 2 heterocycles. The molecular weight excluding hydrogens is 296 g/mol. The number of carbonyl (C=O) groups is 1. The van der Waals surface area contributed by atoms with Crippen molar-refractivity contribution in [2.45, 2.75) is 19.3 Å². The van der Waals surface area contributed by atoms with Crippen LogP contribution in [0.1, 0.15) is 21.5 Å². The normalized spacial score (nSPS) is 18.4. The topological polar surface area (TPSA) is 54.0 Å². The molecule has 0 bridgehead atoms. The van der Waals surface area contributed by atoms with Gasteiger partial charge in [0, 0.05) is 5.56 Å². The van der Waals surface area contributed by atoms with E-state index in [1.807, 2.05) is 30.3 Å². The average Bonchev–Trinajstić information content (AvgIpc) is 2.97. The molecule has 5 nitrogen and oxygen atoms in total. The Morgan fingerprint density at radius 1 is 1.09 bits per heavy atom. The molecule has 0 unspecified atom stereocenters. The SMILES string of the molecule is O=C1OCc2c1ccc1c2O[C@H](COCc2ccccc2)CO1. The van der Waals surface area contributed by atoms with Crippen molar-refractivity contribution in [2.75, 3.05) is 13.2 Å². The molecular formula is C18H16O5. The first kappa shape index (κ1) is 14.1. The van der Waals surface area contributed by atoms with Crippen LogP contribution in [0, 0.1) is 0 Å². The minimum atomic E-state index is -0.311. The smallest absolute Gasteiger partial charge is 0.339 e. The fourth-order valence-corrected chi connectivity index (χ4v) is 2.75. The lowest BCUT2D eigenvalue weighted by Gasteiger charge is -2.27. The summed E-state index contributed by atoms with van der Waals surface area (Å²) < 4.78 is 22.5. The zero-order chi connectivity index (χ0) is 15.6. The summed E-state index contributed by atoms with van der Waals surface area (Å²) in [4.78, 5) is 11.6. The van der Waals surface area contributed by atoms with Gasteiger partial charge in [-0.05, 0) is 17.7 Å². The van der Waals surface area contributed by atoms with E-state index in [0.29, 0.717) is 36.9 Å². The zero-order valence-electron chi connectivity index (χ0n) is 12.5. The maximum Gasteiger partial charge on any atom is 0.339 e. The minimum absolute atomic E-state index is 0.201. The highest BCUT2D eigenvalue weighted by molar-refractivity contribution is 5.94. The molecule has 23 heavy (non-hydrogen) atoms. The summed E-state index contributed by atoms with van der Waals surface area (Å²) >= 11 is 0. The van der Waals surface area contributed by atoms with Crippen LogP contribution < -0.4 is 9.47 Å². The van der Waals surface area contributed by atoms with Crippen molar-refractivity contribution in [1.82, 2.24) is 0 Å². The van der Waals surface area contributed by atoms with Crippen molar-refractivity contribution in [1.29, 1.82) is 0 Å². The molecule has 1 atom stereocenters. The Labute approximate surface area is 133 Å². The van der Waals surface area contributed by atoms with E-state index in [1.165, 1.54) is 0 Å². The number of hydrogen-bond donors (Lipinski definition) is 0. The van der Waals surface area contributed by atoms with Crippen LogP contribution >= 0.6 is 0 Å². The molecule has 0 aromatic heterocycles. The van der Waals surface area contributed by atoms with Crippen LogP contribution in [0.5, 0.6) is 11.5 Å². The van der Waals surface area contributed by atoms with Gasteiger partial charge in [0.1, 0.15) is 13.2 Å². The number of fused-ring (bicyclic) bond motifs is 3. The van der Waals surface area contributed by atoms with Crippen LogP contribution in [-0.2, 0) is 22.7 Å². The maximum atomic E-state index is 11.6. The summed E-state index contributed by atoms with van der Waals surface area (Å²) in [5.41, 5.74) is 2.43. The number of esters is 1. The highest BCUT2D eigenvalue weighted by Gasteiger charge is 2.31. The predicted molar refractivity (Wildman–Crippen MR) is 81.6 cm³/mol. The summed E-state index contributed by atoms with van der Waals surface area (Å²) in [7, 11) is 0. The molecule has 4 rings (SSSR count). The molecule has 0 saturated carbocycles. The lowest BCUT2D eigenvalue weighted by atomic mass is 10.1. The van der Waals surface area contributed by atoms with E-state index in [4.69, 9.17) is 18.9 Å². The quantitative estimate of drug-likeness (QED) is 0.813. The summed E-state index contributed by atoms with van der Waals surface area (Å²) in [5, 5.41) is 0. The van der Waals surface area contributed by atoms with Gasteiger partial charge >= 0.3 is 5.97 Å². The molecule has 5 heteroatoms. The van der Waals surface area contributed by atoms with Gasteiger partial charge in [-0.25, -0.2) is 4.79 Å². The van der Waals surface area contributed by atoms with Gasteiger partial charge < -0.3 is 18.9 Å². The summed E-state index contributed by atoms with van der Waals surface area (Å²) in [6.07, 6.45) is -0.201. The van der Waals surface area contributed by atoms with Crippen molar-refractivity contribution in [3.8, 4) is 11.5 Å². The molecule has 2 aliphatic rings. The third-order valence-corrected chi connectivity index (χ3v) is 3.92. The van der Waals surface area contributed by atoms with Crippen molar-refractivity contribution < 1.29 is 23.7 Å². The monoisotopic (exact) mass is 312 g/mol. The standard InChI is InChI=1S/C18H16O5/c19-18-14-6-7-16-17(15(14)11-22-18)23-13(10-21-16)9-20-8-12-4-2-1-3-5-12/h1-7,13H,8-11H2/t13-/m1/s1. The zero-order valence-corrected chi connectivity index (χ0v) is 12.5. The molecule has 0 amide bonds. The van der Waals surface area contributed by atoms with Gasteiger partial charge in [0.15, 0.2) is 17.6 Å². The van der Waals surface area contributed by atoms with Gasteiger partial charge in [0.25, 0.3) is 0 Å². The number of cyclic esters (lactones) is 1. The van der Waals surface area contributed by atoms with Crippen molar-refractivity contribution >= 4 is 5.97 Å². The van der Waals surface area contributed by atoms with E-state index in [9.17, 15) is 4.79 Å². The fraction of sp³-hybridized carbons (Fsp3) is 0.278. The number of rotatable bonds is 4. The first-order valence-corrected chi connectivity index (χ1v) is 7.55. The van der Waals surface area contributed by atoms with Gasteiger partial charge in [0.2, 0.25) is 0 Å². The first-order chi connectivity index (χ1) is 11.3. The number of hydrogen-bond acceptors (Lipinski definition) is 5. The van der Waals surface area contributed by atoms with Gasteiger partial charge in [0.05, 0.1) is 18.8 Å². The maximum absolute atomic E-state index is 11.6. The molecule has 0 saturated heterocycles. The second-order valence-electron chi connectivity index (χ2n) is 5.55. The Morgan fingerprint density at radius 2 is 1.96 bits per heavy atom. The average molecular weight is 312 g/mol.